The number of fused-ring (bicyclic) bond motifs is 1. The van der Waals surface area contributed by atoms with Crippen molar-refractivity contribution in [3.8, 4) is 5.75 Å². The van der Waals surface area contributed by atoms with Gasteiger partial charge >= 0.3 is 0 Å². The predicted octanol–water partition coefficient (Wildman–Crippen LogP) is 5.89. The third kappa shape index (κ3) is 4.67. The summed E-state index contributed by atoms with van der Waals surface area (Å²) in [5.41, 5.74) is 4.23. The van der Waals surface area contributed by atoms with Crippen LogP contribution in [0.15, 0.2) is 53.6 Å². The van der Waals surface area contributed by atoms with E-state index in [1.807, 2.05) is 55.5 Å². The molecule has 0 bridgehead atoms. The summed E-state index contributed by atoms with van der Waals surface area (Å²) in [6, 6.07) is 15.4. The number of thiophene rings is 1. The summed E-state index contributed by atoms with van der Waals surface area (Å²) in [5.74, 6) is 0.529. The summed E-state index contributed by atoms with van der Waals surface area (Å²) in [6.07, 6.45) is 2.14. The Morgan fingerprint density at radius 3 is 2.63 bits per heavy atom. The van der Waals surface area contributed by atoms with E-state index in [9.17, 15) is 4.79 Å². The number of hydrogen-bond donors (Lipinski definition) is 1. The standard InChI is InChI=1S/C21H21ClN2O2S/c1-3-4-13-26-16-11-9-15(10-12-16)14(2)23-24-21(25)20-19(22)17-7-5-6-8-18(17)27-20/h5-12H,3-4,13H2,1-2H3,(H,24,25)/b23-14+. The van der Waals surface area contributed by atoms with E-state index < -0.39 is 0 Å². The molecule has 0 saturated carbocycles. The third-order valence-corrected chi connectivity index (χ3v) is 5.78. The van der Waals surface area contributed by atoms with Gasteiger partial charge in [0.15, 0.2) is 0 Å². The number of unbranched alkanes of at least 4 members (excludes halogenated alkanes) is 1. The highest BCUT2D eigenvalue weighted by Gasteiger charge is 2.16. The summed E-state index contributed by atoms with van der Waals surface area (Å²) in [5, 5.41) is 5.56. The van der Waals surface area contributed by atoms with Crippen LogP contribution in [0.3, 0.4) is 0 Å². The minimum Gasteiger partial charge on any atom is -0.494 e. The van der Waals surface area contributed by atoms with E-state index in [1.54, 1.807) is 0 Å². The Balaban J connectivity index is 1.67. The Kier molecular flexibility index (Phi) is 6.48. The molecular weight excluding hydrogens is 380 g/mol. The lowest BCUT2D eigenvalue weighted by atomic mass is 10.1. The molecule has 0 fully saturated rings. The number of hydrazone groups is 1. The zero-order valence-corrected chi connectivity index (χ0v) is 16.9. The van der Waals surface area contributed by atoms with Gasteiger partial charge in [-0.2, -0.15) is 5.10 Å². The van der Waals surface area contributed by atoms with Gasteiger partial charge in [-0.3, -0.25) is 4.79 Å². The van der Waals surface area contributed by atoms with Crippen molar-refractivity contribution in [3.05, 3.63) is 64.0 Å². The number of rotatable bonds is 7. The van der Waals surface area contributed by atoms with Gasteiger partial charge in [-0.1, -0.05) is 43.1 Å². The van der Waals surface area contributed by atoms with Crippen LogP contribution in [-0.4, -0.2) is 18.2 Å². The fraction of sp³-hybridized carbons (Fsp3) is 0.238. The van der Waals surface area contributed by atoms with Gasteiger partial charge in [-0.05, 0) is 49.2 Å². The molecule has 0 saturated heterocycles. The maximum atomic E-state index is 12.5. The highest BCUT2D eigenvalue weighted by molar-refractivity contribution is 7.21. The van der Waals surface area contributed by atoms with E-state index in [0.717, 1.165) is 40.8 Å². The lowest BCUT2D eigenvalue weighted by Gasteiger charge is -2.06. The van der Waals surface area contributed by atoms with Crippen molar-refractivity contribution in [2.45, 2.75) is 26.7 Å². The Bertz CT molecular complexity index is 964. The molecule has 0 aliphatic carbocycles. The summed E-state index contributed by atoms with van der Waals surface area (Å²) < 4.78 is 6.63. The normalized spacial score (nSPS) is 11.6. The first kappa shape index (κ1) is 19.4. The first-order valence-corrected chi connectivity index (χ1v) is 10.0. The number of carbonyl (C=O) groups excluding carboxylic acids is 1. The van der Waals surface area contributed by atoms with Crippen molar-refractivity contribution >= 4 is 44.6 Å². The van der Waals surface area contributed by atoms with Gasteiger partial charge < -0.3 is 4.74 Å². The lowest BCUT2D eigenvalue weighted by molar-refractivity contribution is 0.0959. The Morgan fingerprint density at radius 1 is 1.19 bits per heavy atom. The van der Waals surface area contributed by atoms with Crippen LogP contribution in [0, 0.1) is 0 Å². The number of hydrogen-bond acceptors (Lipinski definition) is 4. The monoisotopic (exact) mass is 400 g/mol. The van der Waals surface area contributed by atoms with Crippen molar-refractivity contribution in [1.82, 2.24) is 5.43 Å². The number of nitrogens with one attached hydrogen (secondary N) is 1. The van der Waals surface area contributed by atoms with Crippen LogP contribution in [0.1, 0.15) is 41.9 Å². The third-order valence-electron chi connectivity index (χ3n) is 4.10. The predicted molar refractivity (Wildman–Crippen MR) is 113 cm³/mol. The number of nitrogens with zero attached hydrogens (tertiary/aromatic N) is 1. The fourth-order valence-corrected chi connectivity index (χ4v) is 3.94. The van der Waals surface area contributed by atoms with Crippen LogP contribution in [0.5, 0.6) is 5.75 Å². The SMILES string of the molecule is CCCCOc1ccc(/C(C)=N/NC(=O)c2sc3ccccc3c2Cl)cc1. The van der Waals surface area contributed by atoms with Gasteiger partial charge in [0.05, 0.1) is 17.3 Å². The van der Waals surface area contributed by atoms with Gasteiger partial charge in [0.2, 0.25) is 0 Å². The molecule has 1 amide bonds. The van der Waals surface area contributed by atoms with Crippen LogP contribution in [0.2, 0.25) is 5.02 Å². The molecule has 3 rings (SSSR count). The molecule has 3 aromatic rings. The van der Waals surface area contributed by atoms with Crippen molar-refractivity contribution in [1.29, 1.82) is 0 Å². The van der Waals surface area contributed by atoms with Gasteiger partial charge in [-0.25, -0.2) is 5.43 Å². The Labute approximate surface area is 167 Å². The van der Waals surface area contributed by atoms with E-state index in [-0.39, 0.29) is 5.91 Å². The molecule has 0 aliphatic heterocycles. The zero-order valence-electron chi connectivity index (χ0n) is 15.3. The quantitative estimate of drug-likeness (QED) is 0.305. The molecule has 1 aromatic heterocycles. The largest absolute Gasteiger partial charge is 0.494 e. The number of carbonyl (C=O) groups is 1. The van der Waals surface area contributed by atoms with Crippen LogP contribution in [-0.2, 0) is 0 Å². The van der Waals surface area contributed by atoms with Crippen LogP contribution < -0.4 is 10.2 Å². The van der Waals surface area contributed by atoms with Crippen molar-refractivity contribution in [2.75, 3.05) is 6.61 Å². The molecule has 4 nitrogen and oxygen atoms in total. The summed E-state index contributed by atoms with van der Waals surface area (Å²) in [6.45, 7) is 4.70. The summed E-state index contributed by atoms with van der Waals surface area (Å²) in [7, 11) is 0. The van der Waals surface area contributed by atoms with Gasteiger partial charge in [-0.15, -0.1) is 11.3 Å². The molecule has 140 valence electrons. The van der Waals surface area contributed by atoms with Crippen molar-refractivity contribution in [2.24, 2.45) is 5.10 Å². The number of amides is 1. The maximum absolute atomic E-state index is 12.5. The second-order valence-electron chi connectivity index (χ2n) is 6.11. The highest BCUT2D eigenvalue weighted by atomic mass is 35.5. The Morgan fingerprint density at radius 2 is 1.93 bits per heavy atom. The second-order valence-corrected chi connectivity index (χ2v) is 7.54. The van der Waals surface area contributed by atoms with E-state index in [2.05, 4.69) is 17.5 Å². The van der Waals surface area contributed by atoms with E-state index >= 15 is 0 Å². The van der Waals surface area contributed by atoms with E-state index in [0.29, 0.717) is 15.6 Å². The molecular formula is C21H21ClN2O2S. The molecule has 0 spiro atoms. The average Bonchev–Trinajstić information content (AvgIpc) is 3.04. The Hall–Kier alpha value is -2.37. The lowest BCUT2D eigenvalue weighted by Crippen LogP contribution is -2.18. The van der Waals surface area contributed by atoms with Crippen LogP contribution in [0.25, 0.3) is 10.1 Å². The van der Waals surface area contributed by atoms with Gasteiger partial charge in [0.1, 0.15) is 10.6 Å². The molecule has 2 aromatic carbocycles. The summed E-state index contributed by atoms with van der Waals surface area (Å²) >= 11 is 7.70. The fourth-order valence-electron chi connectivity index (χ4n) is 2.54. The topological polar surface area (TPSA) is 50.7 Å². The number of ether oxygens (including phenoxy) is 1. The van der Waals surface area contributed by atoms with Gasteiger partial charge in [0, 0.05) is 10.1 Å². The molecule has 6 heteroatoms. The highest BCUT2D eigenvalue weighted by Crippen LogP contribution is 2.34. The van der Waals surface area contributed by atoms with Crippen LogP contribution in [0.4, 0.5) is 0 Å². The maximum Gasteiger partial charge on any atom is 0.283 e. The minimum absolute atomic E-state index is 0.305. The van der Waals surface area contributed by atoms with Crippen molar-refractivity contribution in [3.63, 3.8) is 0 Å². The van der Waals surface area contributed by atoms with Crippen LogP contribution >= 0.6 is 22.9 Å². The molecule has 0 radical (unpaired) electrons. The molecule has 1 heterocycles. The summed E-state index contributed by atoms with van der Waals surface area (Å²) in [4.78, 5) is 12.9. The smallest absolute Gasteiger partial charge is 0.283 e. The van der Waals surface area contributed by atoms with E-state index in [4.69, 9.17) is 16.3 Å². The first-order valence-electron chi connectivity index (χ1n) is 8.85. The van der Waals surface area contributed by atoms with Gasteiger partial charge in [0.25, 0.3) is 5.91 Å². The second kappa shape index (κ2) is 9.02. The van der Waals surface area contributed by atoms with E-state index in [1.165, 1.54) is 11.3 Å². The molecule has 1 N–H and O–H groups in total. The first-order chi connectivity index (χ1) is 13.1. The average molecular weight is 401 g/mol. The zero-order chi connectivity index (χ0) is 19.2. The number of benzene rings is 2. The van der Waals surface area contributed by atoms with Crippen molar-refractivity contribution < 1.29 is 9.53 Å². The molecule has 0 aliphatic rings. The molecule has 27 heavy (non-hydrogen) atoms. The molecule has 0 unspecified atom stereocenters. The number of halogens is 1. The minimum atomic E-state index is -0.305. The molecule has 0 atom stereocenters.